The summed E-state index contributed by atoms with van der Waals surface area (Å²) in [6, 6.07) is 10.9. The van der Waals surface area contributed by atoms with Gasteiger partial charge in [0, 0.05) is 38.5 Å². The Kier molecular flexibility index (Phi) is 8.65. The number of amides is 1. The SMILES string of the molecule is CC(C)CN(Cc1cc(Cl)c2c(c1)OCCCO2)C(=O)C(C)CNCc1cccc(O)c1. The van der Waals surface area contributed by atoms with E-state index in [1.54, 1.807) is 12.1 Å². The molecular formula is C25H33ClN2O4. The minimum atomic E-state index is -0.193. The molecule has 7 heteroatoms. The molecule has 3 rings (SSSR count). The van der Waals surface area contributed by atoms with E-state index in [4.69, 9.17) is 21.1 Å². The number of halogens is 1. The summed E-state index contributed by atoms with van der Waals surface area (Å²) >= 11 is 6.45. The van der Waals surface area contributed by atoms with Crippen molar-refractivity contribution in [3.05, 3.63) is 52.5 Å². The maximum Gasteiger partial charge on any atom is 0.226 e. The van der Waals surface area contributed by atoms with Gasteiger partial charge in [0.05, 0.1) is 18.2 Å². The third-order valence-electron chi connectivity index (χ3n) is 5.24. The summed E-state index contributed by atoms with van der Waals surface area (Å²) in [6.45, 7) is 9.57. The van der Waals surface area contributed by atoms with Gasteiger partial charge in [-0.05, 0) is 41.3 Å². The van der Waals surface area contributed by atoms with Gasteiger partial charge in [-0.3, -0.25) is 4.79 Å². The molecule has 0 aliphatic carbocycles. The molecule has 0 radical (unpaired) electrons. The van der Waals surface area contributed by atoms with Gasteiger partial charge >= 0.3 is 0 Å². The zero-order valence-electron chi connectivity index (χ0n) is 19.1. The van der Waals surface area contributed by atoms with Crippen LogP contribution >= 0.6 is 11.6 Å². The van der Waals surface area contributed by atoms with Gasteiger partial charge in [-0.15, -0.1) is 0 Å². The molecule has 2 N–H and O–H groups in total. The molecule has 1 atom stereocenters. The number of nitrogens with one attached hydrogen (secondary N) is 1. The second-order valence-electron chi connectivity index (χ2n) is 8.77. The molecule has 6 nitrogen and oxygen atoms in total. The first-order chi connectivity index (χ1) is 15.3. The van der Waals surface area contributed by atoms with Crippen molar-refractivity contribution in [2.45, 2.75) is 40.3 Å². The Balaban J connectivity index is 1.65. The Labute approximate surface area is 195 Å². The number of benzene rings is 2. The molecule has 2 aromatic rings. The van der Waals surface area contributed by atoms with Gasteiger partial charge < -0.3 is 24.8 Å². The van der Waals surface area contributed by atoms with Crippen molar-refractivity contribution in [2.24, 2.45) is 11.8 Å². The lowest BCUT2D eigenvalue weighted by molar-refractivity contribution is -0.136. The minimum Gasteiger partial charge on any atom is -0.508 e. The predicted molar refractivity (Wildman–Crippen MR) is 126 cm³/mol. The number of hydrogen-bond donors (Lipinski definition) is 2. The fourth-order valence-electron chi connectivity index (χ4n) is 3.77. The smallest absolute Gasteiger partial charge is 0.226 e. The van der Waals surface area contributed by atoms with E-state index in [0.717, 1.165) is 17.5 Å². The van der Waals surface area contributed by atoms with Crippen molar-refractivity contribution < 1.29 is 19.4 Å². The summed E-state index contributed by atoms with van der Waals surface area (Å²) < 4.78 is 11.5. The van der Waals surface area contributed by atoms with E-state index in [9.17, 15) is 9.90 Å². The third kappa shape index (κ3) is 6.78. The maximum atomic E-state index is 13.3. The first-order valence-corrected chi connectivity index (χ1v) is 11.6. The summed E-state index contributed by atoms with van der Waals surface area (Å²) in [5, 5.41) is 13.4. The van der Waals surface area contributed by atoms with Crippen LogP contribution in [0.3, 0.4) is 0 Å². The van der Waals surface area contributed by atoms with Crippen molar-refractivity contribution in [2.75, 3.05) is 26.3 Å². The number of ether oxygens (including phenoxy) is 2. The van der Waals surface area contributed by atoms with Gasteiger partial charge in [0.1, 0.15) is 5.75 Å². The number of aromatic hydroxyl groups is 1. The Morgan fingerprint density at radius 2 is 1.94 bits per heavy atom. The second kappa shape index (κ2) is 11.4. The monoisotopic (exact) mass is 460 g/mol. The maximum absolute atomic E-state index is 13.3. The van der Waals surface area contributed by atoms with Crippen LogP contribution < -0.4 is 14.8 Å². The van der Waals surface area contributed by atoms with Crippen LogP contribution in [0.1, 0.15) is 38.3 Å². The molecule has 0 saturated carbocycles. The number of rotatable bonds is 9. The lowest BCUT2D eigenvalue weighted by Gasteiger charge is -2.28. The Hall–Kier alpha value is -2.44. The number of phenols is 1. The van der Waals surface area contributed by atoms with E-state index in [0.29, 0.717) is 61.8 Å². The fourth-order valence-corrected chi connectivity index (χ4v) is 4.06. The molecule has 1 aliphatic rings. The summed E-state index contributed by atoms with van der Waals surface area (Å²) in [4.78, 5) is 15.2. The molecule has 1 amide bonds. The standard InChI is InChI=1S/C25H33ClN2O4/c1-17(2)15-28(16-20-11-22(26)24-23(12-20)31-8-5-9-32-24)25(30)18(3)13-27-14-19-6-4-7-21(29)10-19/h4,6-7,10-12,17-18,27,29H,5,8-9,13-16H2,1-3H3. The second-order valence-corrected chi connectivity index (χ2v) is 9.18. The van der Waals surface area contributed by atoms with Gasteiger partial charge in [0.25, 0.3) is 0 Å². The van der Waals surface area contributed by atoms with Crippen LogP contribution in [0.2, 0.25) is 5.02 Å². The van der Waals surface area contributed by atoms with E-state index in [1.165, 1.54) is 0 Å². The highest BCUT2D eigenvalue weighted by atomic mass is 35.5. The van der Waals surface area contributed by atoms with Crippen molar-refractivity contribution in [3.63, 3.8) is 0 Å². The zero-order chi connectivity index (χ0) is 23.1. The Morgan fingerprint density at radius 3 is 2.69 bits per heavy atom. The van der Waals surface area contributed by atoms with Crippen LogP contribution in [0.15, 0.2) is 36.4 Å². The van der Waals surface area contributed by atoms with Crippen LogP contribution in [0.5, 0.6) is 17.2 Å². The Morgan fingerprint density at radius 1 is 1.16 bits per heavy atom. The van der Waals surface area contributed by atoms with E-state index in [2.05, 4.69) is 19.2 Å². The average Bonchev–Trinajstić information content (AvgIpc) is 2.98. The van der Waals surface area contributed by atoms with Crippen molar-refractivity contribution in [1.29, 1.82) is 0 Å². The van der Waals surface area contributed by atoms with Crippen molar-refractivity contribution in [3.8, 4) is 17.2 Å². The number of phenolic OH excluding ortho intramolecular Hbond substituents is 1. The number of carbonyl (C=O) groups is 1. The van der Waals surface area contributed by atoms with Gasteiger partial charge in [0.15, 0.2) is 11.5 Å². The van der Waals surface area contributed by atoms with Crippen LogP contribution in [0.4, 0.5) is 0 Å². The molecule has 0 spiro atoms. The lowest BCUT2D eigenvalue weighted by atomic mass is 10.1. The molecule has 0 bridgehead atoms. The molecule has 32 heavy (non-hydrogen) atoms. The zero-order valence-corrected chi connectivity index (χ0v) is 19.8. The molecule has 1 aliphatic heterocycles. The molecular weight excluding hydrogens is 428 g/mol. The van der Waals surface area contributed by atoms with Gasteiger partial charge in [-0.25, -0.2) is 0 Å². The molecule has 0 aromatic heterocycles. The number of nitrogens with zero attached hydrogens (tertiary/aromatic N) is 1. The molecule has 2 aromatic carbocycles. The van der Waals surface area contributed by atoms with Crippen LogP contribution in [0, 0.1) is 11.8 Å². The van der Waals surface area contributed by atoms with Crippen molar-refractivity contribution in [1.82, 2.24) is 10.2 Å². The third-order valence-corrected chi connectivity index (χ3v) is 5.53. The lowest BCUT2D eigenvalue weighted by Crippen LogP contribution is -2.40. The topological polar surface area (TPSA) is 71.0 Å². The summed E-state index contributed by atoms with van der Waals surface area (Å²) in [6.07, 6.45) is 0.811. The fraction of sp³-hybridized carbons (Fsp3) is 0.480. The summed E-state index contributed by atoms with van der Waals surface area (Å²) in [5.41, 5.74) is 1.90. The summed E-state index contributed by atoms with van der Waals surface area (Å²) in [5.74, 6) is 1.70. The van der Waals surface area contributed by atoms with E-state index < -0.39 is 0 Å². The highest BCUT2D eigenvalue weighted by molar-refractivity contribution is 6.32. The molecule has 174 valence electrons. The van der Waals surface area contributed by atoms with E-state index in [1.807, 2.05) is 36.1 Å². The molecule has 1 heterocycles. The van der Waals surface area contributed by atoms with E-state index in [-0.39, 0.29) is 17.6 Å². The highest BCUT2D eigenvalue weighted by Crippen LogP contribution is 2.38. The highest BCUT2D eigenvalue weighted by Gasteiger charge is 2.23. The average molecular weight is 461 g/mol. The van der Waals surface area contributed by atoms with Gasteiger partial charge in [-0.1, -0.05) is 44.5 Å². The first-order valence-electron chi connectivity index (χ1n) is 11.2. The summed E-state index contributed by atoms with van der Waals surface area (Å²) in [7, 11) is 0. The number of hydrogen-bond acceptors (Lipinski definition) is 5. The first kappa shape index (κ1) is 24.2. The molecule has 1 unspecified atom stereocenters. The number of carbonyl (C=O) groups excluding carboxylic acids is 1. The van der Waals surface area contributed by atoms with Crippen molar-refractivity contribution >= 4 is 17.5 Å². The van der Waals surface area contributed by atoms with Crippen LogP contribution in [0.25, 0.3) is 0 Å². The molecule has 0 saturated heterocycles. The van der Waals surface area contributed by atoms with Gasteiger partial charge in [-0.2, -0.15) is 0 Å². The van der Waals surface area contributed by atoms with E-state index >= 15 is 0 Å². The van der Waals surface area contributed by atoms with Crippen LogP contribution in [-0.4, -0.2) is 42.2 Å². The van der Waals surface area contributed by atoms with Gasteiger partial charge in [0.2, 0.25) is 5.91 Å². The normalized spacial score (nSPS) is 14.2. The predicted octanol–water partition coefficient (Wildman–Crippen LogP) is 4.62. The number of fused-ring (bicyclic) bond motifs is 1. The quantitative estimate of drug-likeness (QED) is 0.571. The Bertz CT molecular complexity index is 919. The minimum absolute atomic E-state index is 0.0883. The molecule has 0 fully saturated rings. The largest absolute Gasteiger partial charge is 0.508 e. The van der Waals surface area contributed by atoms with Crippen LogP contribution in [-0.2, 0) is 17.9 Å².